The number of nitrogens with one attached hydrogen (secondary N) is 1. The first-order valence-corrected chi connectivity index (χ1v) is 5.81. The van der Waals surface area contributed by atoms with Crippen LogP contribution in [0.4, 0.5) is 0 Å². The lowest BCUT2D eigenvalue weighted by Crippen LogP contribution is -2.54. The molecule has 2 unspecified atom stereocenters. The molecule has 2 rings (SSSR count). The van der Waals surface area contributed by atoms with Crippen LogP contribution in [-0.2, 0) is 4.74 Å². The van der Waals surface area contributed by atoms with E-state index in [-0.39, 0.29) is 0 Å². The van der Waals surface area contributed by atoms with Gasteiger partial charge in [0.2, 0.25) is 0 Å². The van der Waals surface area contributed by atoms with E-state index in [1.54, 1.807) is 0 Å². The Hall–Kier alpha value is -0.120. The van der Waals surface area contributed by atoms with E-state index in [2.05, 4.69) is 17.1 Å². The second-order valence-corrected chi connectivity index (χ2v) is 4.62. The average Bonchev–Trinajstić information content (AvgIpc) is 2.65. The zero-order valence-corrected chi connectivity index (χ0v) is 9.33. The van der Waals surface area contributed by atoms with Crippen LogP contribution < -0.4 is 5.32 Å². The summed E-state index contributed by atoms with van der Waals surface area (Å²) in [7, 11) is 1.86. The van der Waals surface area contributed by atoms with Gasteiger partial charge in [0.1, 0.15) is 0 Å². The van der Waals surface area contributed by atoms with Crippen LogP contribution in [0.5, 0.6) is 0 Å². The summed E-state index contributed by atoms with van der Waals surface area (Å²) in [6, 6.07) is 1.33. The molecule has 1 saturated heterocycles. The van der Waals surface area contributed by atoms with E-state index in [1.165, 1.54) is 32.4 Å². The van der Waals surface area contributed by atoms with Gasteiger partial charge in [-0.05, 0) is 26.2 Å². The fourth-order valence-electron chi connectivity index (χ4n) is 2.86. The van der Waals surface area contributed by atoms with Crippen LogP contribution >= 0.6 is 0 Å². The van der Waals surface area contributed by atoms with Gasteiger partial charge >= 0.3 is 0 Å². The van der Waals surface area contributed by atoms with E-state index >= 15 is 0 Å². The van der Waals surface area contributed by atoms with Crippen molar-refractivity contribution in [1.82, 2.24) is 10.2 Å². The quantitative estimate of drug-likeness (QED) is 0.712. The van der Waals surface area contributed by atoms with E-state index in [0.29, 0.717) is 18.2 Å². The maximum Gasteiger partial charge on any atom is 0.0726 e. The molecule has 0 aromatic heterocycles. The highest BCUT2D eigenvalue weighted by Crippen LogP contribution is 2.26. The average molecular weight is 198 g/mol. The van der Waals surface area contributed by atoms with E-state index in [0.717, 1.165) is 6.54 Å². The molecule has 2 aliphatic rings. The molecule has 0 radical (unpaired) electrons. The van der Waals surface area contributed by atoms with Crippen LogP contribution in [0, 0.1) is 0 Å². The van der Waals surface area contributed by atoms with Crippen LogP contribution in [0.25, 0.3) is 0 Å². The molecule has 1 N–H and O–H groups in total. The van der Waals surface area contributed by atoms with Gasteiger partial charge < -0.3 is 10.1 Å². The number of methoxy groups -OCH3 is 1. The van der Waals surface area contributed by atoms with Crippen molar-refractivity contribution in [1.29, 1.82) is 0 Å². The summed E-state index contributed by atoms with van der Waals surface area (Å²) >= 11 is 0. The fourth-order valence-corrected chi connectivity index (χ4v) is 2.86. The zero-order chi connectivity index (χ0) is 9.97. The minimum Gasteiger partial charge on any atom is -0.380 e. The summed E-state index contributed by atoms with van der Waals surface area (Å²) in [6.07, 6.45) is 4.40. The lowest BCUT2D eigenvalue weighted by atomic mass is 10.1. The summed E-state index contributed by atoms with van der Waals surface area (Å²) in [5.74, 6) is 0. The van der Waals surface area contributed by atoms with Crippen molar-refractivity contribution in [3.63, 3.8) is 0 Å². The maximum absolute atomic E-state index is 5.55. The van der Waals surface area contributed by atoms with Crippen molar-refractivity contribution in [3.05, 3.63) is 0 Å². The molecule has 1 aliphatic carbocycles. The SMILES string of the molecule is COC1CCCC1N1CCN[C@@H](C)C1. The number of piperazine rings is 1. The third-order valence-corrected chi connectivity index (χ3v) is 3.59. The molecule has 3 atom stereocenters. The van der Waals surface area contributed by atoms with Gasteiger partial charge in [-0.2, -0.15) is 0 Å². The third-order valence-electron chi connectivity index (χ3n) is 3.59. The lowest BCUT2D eigenvalue weighted by Gasteiger charge is -2.38. The van der Waals surface area contributed by atoms with Crippen LogP contribution in [0.3, 0.4) is 0 Å². The van der Waals surface area contributed by atoms with Gasteiger partial charge in [0.15, 0.2) is 0 Å². The van der Waals surface area contributed by atoms with Crippen molar-refractivity contribution >= 4 is 0 Å². The Morgan fingerprint density at radius 1 is 1.36 bits per heavy atom. The Morgan fingerprint density at radius 3 is 2.93 bits per heavy atom. The molecule has 1 aliphatic heterocycles. The highest BCUT2D eigenvalue weighted by molar-refractivity contribution is 4.89. The van der Waals surface area contributed by atoms with E-state index in [4.69, 9.17) is 4.74 Å². The number of ether oxygens (including phenoxy) is 1. The van der Waals surface area contributed by atoms with Gasteiger partial charge in [0, 0.05) is 38.8 Å². The minimum atomic E-state index is 0.486. The smallest absolute Gasteiger partial charge is 0.0726 e. The molecule has 0 aromatic rings. The second-order valence-electron chi connectivity index (χ2n) is 4.62. The van der Waals surface area contributed by atoms with Gasteiger partial charge in [-0.3, -0.25) is 4.90 Å². The monoisotopic (exact) mass is 198 g/mol. The molecular formula is C11H22N2O. The maximum atomic E-state index is 5.55. The number of nitrogens with zero attached hydrogens (tertiary/aromatic N) is 1. The van der Waals surface area contributed by atoms with Gasteiger partial charge in [-0.15, -0.1) is 0 Å². The predicted molar refractivity (Wildman–Crippen MR) is 57.5 cm³/mol. The molecule has 0 aromatic carbocycles. The first-order chi connectivity index (χ1) is 6.81. The predicted octanol–water partition coefficient (Wildman–Crippen LogP) is 0.848. The van der Waals surface area contributed by atoms with Gasteiger partial charge in [0.25, 0.3) is 0 Å². The van der Waals surface area contributed by atoms with Crippen molar-refractivity contribution in [3.8, 4) is 0 Å². The first kappa shape index (κ1) is 10.4. The molecule has 0 bridgehead atoms. The number of hydrogen-bond donors (Lipinski definition) is 1. The molecule has 14 heavy (non-hydrogen) atoms. The van der Waals surface area contributed by atoms with Crippen molar-refractivity contribution in [2.45, 2.75) is 44.4 Å². The summed E-state index contributed by atoms with van der Waals surface area (Å²) in [5.41, 5.74) is 0. The molecular weight excluding hydrogens is 176 g/mol. The van der Waals surface area contributed by atoms with Crippen LogP contribution in [0.2, 0.25) is 0 Å². The highest BCUT2D eigenvalue weighted by atomic mass is 16.5. The Morgan fingerprint density at radius 2 is 2.21 bits per heavy atom. The van der Waals surface area contributed by atoms with Gasteiger partial charge in [-0.1, -0.05) is 0 Å². The van der Waals surface area contributed by atoms with Crippen molar-refractivity contribution in [2.24, 2.45) is 0 Å². The Kier molecular flexibility index (Phi) is 3.42. The second kappa shape index (κ2) is 4.60. The third kappa shape index (κ3) is 2.10. The number of hydrogen-bond acceptors (Lipinski definition) is 3. The van der Waals surface area contributed by atoms with E-state index < -0.39 is 0 Å². The molecule has 0 amide bonds. The fraction of sp³-hybridized carbons (Fsp3) is 1.00. The Labute approximate surface area is 86.8 Å². The van der Waals surface area contributed by atoms with Crippen LogP contribution in [-0.4, -0.2) is 49.8 Å². The largest absolute Gasteiger partial charge is 0.380 e. The van der Waals surface area contributed by atoms with Gasteiger partial charge in [0.05, 0.1) is 6.10 Å². The van der Waals surface area contributed by atoms with E-state index in [9.17, 15) is 0 Å². The summed E-state index contributed by atoms with van der Waals surface area (Å²) < 4.78 is 5.55. The molecule has 1 heterocycles. The lowest BCUT2D eigenvalue weighted by molar-refractivity contribution is 0.0224. The Balaban J connectivity index is 1.92. The molecule has 0 spiro atoms. The topological polar surface area (TPSA) is 24.5 Å². The first-order valence-electron chi connectivity index (χ1n) is 5.81. The molecule has 2 fully saturated rings. The summed E-state index contributed by atoms with van der Waals surface area (Å²) in [6.45, 7) is 5.77. The van der Waals surface area contributed by atoms with E-state index in [1.807, 2.05) is 7.11 Å². The van der Waals surface area contributed by atoms with Crippen LogP contribution in [0.1, 0.15) is 26.2 Å². The molecule has 1 saturated carbocycles. The van der Waals surface area contributed by atoms with Crippen molar-refractivity contribution in [2.75, 3.05) is 26.7 Å². The minimum absolute atomic E-state index is 0.486. The molecule has 3 nitrogen and oxygen atoms in total. The van der Waals surface area contributed by atoms with Crippen molar-refractivity contribution < 1.29 is 4.74 Å². The Bertz CT molecular complexity index is 186. The normalized spacial score (nSPS) is 40.3. The zero-order valence-electron chi connectivity index (χ0n) is 9.33. The summed E-state index contributed by atoms with van der Waals surface area (Å²) in [5, 5.41) is 3.49. The van der Waals surface area contributed by atoms with Crippen LogP contribution in [0.15, 0.2) is 0 Å². The van der Waals surface area contributed by atoms with Gasteiger partial charge in [-0.25, -0.2) is 0 Å². The number of rotatable bonds is 2. The highest BCUT2D eigenvalue weighted by Gasteiger charge is 2.33. The molecule has 3 heteroatoms. The molecule has 82 valence electrons. The standard InChI is InChI=1S/C11H22N2O/c1-9-8-13(7-6-12-9)10-4-3-5-11(10)14-2/h9-12H,3-8H2,1-2H3/t9-,10?,11?/m0/s1. The summed E-state index contributed by atoms with van der Waals surface area (Å²) in [4.78, 5) is 2.61.